The number of carbonyl (C=O) groups excluding carboxylic acids is 1. The standard InChI is InChI=1S/C15H19NO4S/c17-15(16-13-6-8-21(18,19)10-13)4-2-11-1-3-14-12(9-11)5-7-20-14/h1,3,9,13H,2,4-8,10H2,(H,16,17)/t13-/m0/s1. The third-order valence-electron chi connectivity index (χ3n) is 3.99. The van der Waals surface area contributed by atoms with E-state index in [4.69, 9.17) is 4.74 Å². The van der Waals surface area contributed by atoms with E-state index in [9.17, 15) is 13.2 Å². The summed E-state index contributed by atoms with van der Waals surface area (Å²) < 4.78 is 28.1. The second kappa shape index (κ2) is 5.67. The van der Waals surface area contributed by atoms with Gasteiger partial charge >= 0.3 is 0 Å². The zero-order valence-electron chi connectivity index (χ0n) is 11.8. The Morgan fingerprint density at radius 3 is 3.00 bits per heavy atom. The molecule has 6 heteroatoms. The van der Waals surface area contributed by atoms with E-state index < -0.39 is 9.84 Å². The molecule has 0 radical (unpaired) electrons. The maximum atomic E-state index is 11.9. The topological polar surface area (TPSA) is 72.5 Å². The second-order valence-corrected chi connectivity index (χ2v) is 7.94. The molecule has 1 N–H and O–H groups in total. The predicted molar refractivity (Wildman–Crippen MR) is 79.2 cm³/mol. The summed E-state index contributed by atoms with van der Waals surface area (Å²) in [7, 11) is -2.94. The van der Waals surface area contributed by atoms with Gasteiger partial charge in [-0.05, 0) is 30.0 Å². The van der Waals surface area contributed by atoms with Gasteiger partial charge in [0.25, 0.3) is 0 Å². The minimum atomic E-state index is -2.94. The van der Waals surface area contributed by atoms with E-state index in [2.05, 4.69) is 11.4 Å². The largest absolute Gasteiger partial charge is 0.493 e. The van der Waals surface area contributed by atoms with Crippen molar-refractivity contribution in [1.29, 1.82) is 0 Å². The minimum Gasteiger partial charge on any atom is -0.493 e. The second-order valence-electron chi connectivity index (χ2n) is 5.71. The number of fused-ring (bicyclic) bond motifs is 1. The summed E-state index contributed by atoms with van der Waals surface area (Å²) in [4.78, 5) is 11.9. The molecule has 0 aromatic heterocycles. The van der Waals surface area contributed by atoms with Crippen LogP contribution in [0.1, 0.15) is 24.0 Å². The molecular weight excluding hydrogens is 290 g/mol. The van der Waals surface area contributed by atoms with Crippen LogP contribution in [0.2, 0.25) is 0 Å². The first-order chi connectivity index (χ1) is 10.0. The highest BCUT2D eigenvalue weighted by Crippen LogP contribution is 2.26. The van der Waals surface area contributed by atoms with Crippen molar-refractivity contribution in [3.05, 3.63) is 29.3 Å². The summed E-state index contributed by atoms with van der Waals surface area (Å²) in [5, 5.41) is 2.81. The number of hydrogen-bond acceptors (Lipinski definition) is 4. The molecule has 3 rings (SSSR count). The van der Waals surface area contributed by atoms with Crippen molar-refractivity contribution < 1.29 is 17.9 Å². The van der Waals surface area contributed by atoms with Crippen LogP contribution >= 0.6 is 0 Å². The molecule has 0 spiro atoms. The molecule has 2 aliphatic heterocycles. The molecule has 1 aromatic rings. The molecule has 1 saturated heterocycles. The van der Waals surface area contributed by atoms with Crippen LogP contribution in [0.4, 0.5) is 0 Å². The van der Waals surface area contributed by atoms with Crippen molar-refractivity contribution in [2.24, 2.45) is 0 Å². The Balaban J connectivity index is 1.50. The lowest BCUT2D eigenvalue weighted by atomic mass is 10.0. The third kappa shape index (κ3) is 3.56. The highest BCUT2D eigenvalue weighted by atomic mass is 32.2. The maximum Gasteiger partial charge on any atom is 0.220 e. The monoisotopic (exact) mass is 309 g/mol. The van der Waals surface area contributed by atoms with Crippen LogP contribution in [0.25, 0.3) is 0 Å². The molecule has 0 bridgehead atoms. The van der Waals surface area contributed by atoms with Gasteiger partial charge in [-0.25, -0.2) is 8.42 Å². The summed E-state index contributed by atoms with van der Waals surface area (Å²) in [5.41, 5.74) is 2.32. The van der Waals surface area contributed by atoms with Crippen LogP contribution < -0.4 is 10.1 Å². The number of sulfone groups is 1. The first-order valence-corrected chi connectivity index (χ1v) is 9.08. The van der Waals surface area contributed by atoms with Crippen molar-refractivity contribution >= 4 is 15.7 Å². The van der Waals surface area contributed by atoms with E-state index in [0.717, 1.165) is 24.3 Å². The first kappa shape index (κ1) is 14.4. The Morgan fingerprint density at radius 2 is 2.24 bits per heavy atom. The molecule has 1 atom stereocenters. The Labute approximate surface area is 124 Å². The van der Waals surface area contributed by atoms with Gasteiger partial charge < -0.3 is 10.1 Å². The van der Waals surface area contributed by atoms with E-state index in [0.29, 0.717) is 19.3 Å². The smallest absolute Gasteiger partial charge is 0.220 e. The number of aryl methyl sites for hydroxylation is 1. The average molecular weight is 309 g/mol. The van der Waals surface area contributed by atoms with Gasteiger partial charge in [-0.1, -0.05) is 12.1 Å². The normalized spacial score (nSPS) is 22.6. The summed E-state index contributed by atoms with van der Waals surface area (Å²) in [6.07, 6.45) is 2.51. The van der Waals surface area contributed by atoms with Gasteiger partial charge in [0, 0.05) is 18.9 Å². The van der Waals surface area contributed by atoms with Gasteiger partial charge in [-0.15, -0.1) is 0 Å². The summed E-state index contributed by atoms with van der Waals surface area (Å²) in [6, 6.07) is 5.82. The first-order valence-electron chi connectivity index (χ1n) is 7.26. The minimum absolute atomic E-state index is 0.0751. The zero-order chi connectivity index (χ0) is 14.9. The number of carbonyl (C=O) groups is 1. The number of nitrogens with one attached hydrogen (secondary N) is 1. The van der Waals surface area contributed by atoms with Crippen LogP contribution in [-0.4, -0.2) is 38.5 Å². The number of benzene rings is 1. The SMILES string of the molecule is O=C(CCc1ccc2c(c1)CCO2)N[C@H]1CCS(=O)(=O)C1. The van der Waals surface area contributed by atoms with E-state index in [-0.39, 0.29) is 23.5 Å². The molecule has 114 valence electrons. The van der Waals surface area contributed by atoms with Gasteiger partial charge in [0.05, 0.1) is 18.1 Å². The van der Waals surface area contributed by atoms with Gasteiger partial charge in [-0.2, -0.15) is 0 Å². The van der Waals surface area contributed by atoms with E-state index >= 15 is 0 Å². The number of hydrogen-bond donors (Lipinski definition) is 1. The fraction of sp³-hybridized carbons (Fsp3) is 0.533. The molecule has 0 unspecified atom stereocenters. The van der Waals surface area contributed by atoms with Crippen LogP contribution in [0.5, 0.6) is 5.75 Å². The number of ether oxygens (including phenoxy) is 1. The quantitative estimate of drug-likeness (QED) is 0.895. The number of rotatable bonds is 4. The Morgan fingerprint density at radius 1 is 1.38 bits per heavy atom. The highest BCUT2D eigenvalue weighted by molar-refractivity contribution is 7.91. The lowest BCUT2D eigenvalue weighted by Crippen LogP contribution is -2.35. The third-order valence-corrected chi connectivity index (χ3v) is 5.76. The molecule has 1 amide bonds. The Bertz CT molecular complexity index is 654. The predicted octanol–water partition coefficient (Wildman–Crippen LogP) is 0.857. The highest BCUT2D eigenvalue weighted by Gasteiger charge is 2.28. The van der Waals surface area contributed by atoms with Crippen LogP contribution in [0, 0.1) is 0 Å². The lowest BCUT2D eigenvalue weighted by molar-refractivity contribution is -0.121. The Kier molecular flexibility index (Phi) is 3.89. The van der Waals surface area contributed by atoms with Gasteiger partial charge in [0.15, 0.2) is 9.84 Å². The van der Waals surface area contributed by atoms with Crippen molar-refractivity contribution in [2.75, 3.05) is 18.1 Å². The lowest BCUT2D eigenvalue weighted by Gasteiger charge is -2.11. The van der Waals surface area contributed by atoms with E-state index in [1.807, 2.05) is 12.1 Å². The molecule has 0 saturated carbocycles. The van der Waals surface area contributed by atoms with Crippen LogP contribution in [0.15, 0.2) is 18.2 Å². The number of amides is 1. The van der Waals surface area contributed by atoms with E-state index in [1.54, 1.807) is 0 Å². The summed E-state index contributed by atoms with van der Waals surface area (Å²) in [5.74, 6) is 1.13. The molecular formula is C15H19NO4S. The van der Waals surface area contributed by atoms with Gasteiger partial charge in [0.2, 0.25) is 5.91 Å². The molecule has 21 heavy (non-hydrogen) atoms. The fourth-order valence-corrected chi connectivity index (χ4v) is 4.54. The van der Waals surface area contributed by atoms with Crippen LogP contribution in [-0.2, 0) is 27.5 Å². The molecule has 1 fully saturated rings. The fourth-order valence-electron chi connectivity index (χ4n) is 2.86. The van der Waals surface area contributed by atoms with Crippen molar-refractivity contribution in [3.8, 4) is 5.75 Å². The zero-order valence-corrected chi connectivity index (χ0v) is 12.6. The van der Waals surface area contributed by atoms with E-state index in [1.165, 1.54) is 5.56 Å². The molecule has 2 heterocycles. The van der Waals surface area contributed by atoms with Crippen molar-refractivity contribution in [1.82, 2.24) is 5.32 Å². The molecule has 0 aliphatic carbocycles. The summed E-state index contributed by atoms with van der Waals surface area (Å²) >= 11 is 0. The van der Waals surface area contributed by atoms with Gasteiger partial charge in [-0.3, -0.25) is 4.79 Å². The van der Waals surface area contributed by atoms with Crippen LogP contribution in [0.3, 0.4) is 0 Å². The molecule has 5 nitrogen and oxygen atoms in total. The molecule has 2 aliphatic rings. The van der Waals surface area contributed by atoms with Crippen molar-refractivity contribution in [3.63, 3.8) is 0 Å². The Hall–Kier alpha value is -1.56. The van der Waals surface area contributed by atoms with Crippen molar-refractivity contribution in [2.45, 2.75) is 31.7 Å². The van der Waals surface area contributed by atoms with Gasteiger partial charge in [0.1, 0.15) is 5.75 Å². The maximum absolute atomic E-state index is 11.9. The summed E-state index contributed by atoms with van der Waals surface area (Å²) in [6.45, 7) is 0.732. The average Bonchev–Trinajstić information content (AvgIpc) is 3.02. The molecule has 1 aromatic carbocycles.